The van der Waals surface area contributed by atoms with Crippen molar-refractivity contribution in [2.24, 2.45) is 0 Å². The van der Waals surface area contributed by atoms with E-state index in [0.29, 0.717) is 12.0 Å². The Hall–Kier alpha value is -1.45. The Bertz CT molecular complexity index is 422. The summed E-state index contributed by atoms with van der Waals surface area (Å²) in [5.41, 5.74) is -0.612. The molecule has 0 saturated heterocycles. The predicted molar refractivity (Wildman–Crippen MR) is 65.9 cm³/mol. The highest BCUT2D eigenvalue weighted by Crippen LogP contribution is 2.34. The molecular weight excluding hydrogens is 238 g/mol. The summed E-state index contributed by atoms with van der Waals surface area (Å²) in [6, 6.07) is 5.56. The number of carboxylic acids is 1. The molecule has 1 N–H and O–H groups in total. The summed E-state index contributed by atoms with van der Waals surface area (Å²) in [4.78, 5) is 11.1. The number of carbonyl (C=O) groups is 1. The molecule has 0 bridgehead atoms. The van der Waals surface area contributed by atoms with Gasteiger partial charge in [0.15, 0.2) is 0 Å². The van der Waals surface area contributed by atoms with Crippen LogP contribution in [0.2, 0.25) is 0 Å². The molecule has 0 aromatic heterocycles. The Morgan fingerprint density at radius 3 is 2.00 bits per heavy atom. The number of benzene rings is 1. The topological polar surface area (TPSA) is 37.3 Å². The monoisotopic (exact) mass is 256 g/mol. The standard InChI is InChI=1S/C14H18F2O2/c1-4-9-14(15,16)11-7-5-10(6-8-11)13(2,3)12(17)18/h5-8H,4,9H2,1-3H3,(H,17,18). The minimum Gasteiger partial charge on any atom is -0.481 e. The molecule has 2 nitrogen and oxygen atoms in total. The highest BCUT2D eigenvalue weighted by molar-refractivity contribution is 5.80. The lowest BCUT2D eigenvalue weighted by Gasteiger charge is -2.21. The van der Waals surface area contributed by atoms with E-state index in [0.717, 1.165) is 0 Å². The number of rotatable bonds is 5. The van der Waals surface area contributed by atoms with Crippen LogP contribution in [0.5, 0.6) is 0 Å². The van der Waals surface area contributed by atoms with Crippen LogP contribution in [0.25, 0.3) is 0 Å². The van der Waals surface area contributed by atoms with E-state index >= 15 is 0 Å². The number of aliphatic carboxylic acids is 1. The van der Waals surface area contributed by atoms with Crippen LogP contribution < -0.4 is 0 Å². The zero-order valence-corrected chi connectivity index (χ0v) is 10.8. The molecular formula is C14H18F2O2. The van der Waals surface area contributed by atoms with Crippen LogP contribution in [0.4, 0.5) is 8.78 Å². The third-order valence-corrected chi connectivity index (χ3v) is 3.13. The van der Waals surface area contributed by atoms with Crippen LogP contribution in [0, 0.1) is 0 Å². The second-order valence-electron chi connectivity index (χ2n) is 4.96. The van der Waals surface area contributed by atoms with Crippen molar-refractivity contribution in [1.82, 2.24) is 0 Å². The highest BCUT2D eigenvalue weighted by Gasteiger charge is 2.32. The average Bonchev–Trinajstić information content (AvgIpc) is 2.29. The molecule has 0 unspecified atom stereocenters. The van der Waals surface area contributed by atoms with Crippen LogP contribution in [0.1, 0.15) is 44.7 Å². The summed E-state index contributed by atoms with van der Waals surface area (Å²) in [6.45, 7) is 4.80. The van der Waals surface area contributed by atoms with Gasteiger partial charge in [0.1, 0.15) is 0 Å². The first-order valence-corrected chi connectivity index (χ1v) is 5.94. The zero-order valence-electron chi connectivity index (χ0n) is 10.8. The van der Waals surface area contributed by atoms with E-state index in [9.17, 15) is 13.6 Å². The van der Waals surface area contributed by atoms with Gasteiger partial charge in [0.05, 0.1) is 5.41 Å². The van der Waals surface area contributed by atoms with Gasteiger partial charge in [-0.05, 0) is 19.4 Å². The maximum atomic E-state index is 13.6. The second kappa shape index (κ2) is 5.04. The summed E-state index contributed by atoms with van der Waals surface area (Å²) < 4.78 is 27.3. The molecule has 0 heterocycles. The van der Waals surface area contributed by atoms with E-state index in [-0.39, 0.29) is 12.0 Å². The van der Waals surface area contributed by atoms with Crippen molar-refractivity contribution in [2.75, 3.05) is 0 Å². The fraction of sp³-hybridized carbons (Fsp3) is 0.500. The van der Waals surface area contributed by atoms with Gasteiger partial charge in [0.25, 0.3) is 5.92 Å². The van der Waals surface area contributed by atoms with E-state index < -0.39 is 17.3 Å². The Morgan fingerprint density at radius 1 is 1.17 bits per heavy atom. The van der Waals surface area contributed by atoms with Crippen LogP contribution >= 0.6 is 0 Å². The van der Waals surface area contributed by atoms with E-state index in [1.807, 2.05) is 0 Å². The molecule has 18 heavy (non-hydrogen) atoms. The summed E-state index contributed by atoms with van der Waals surface area (Å²) in [6.07, 6.45) is 0.198. The Labute approximate surface area is 106 Å². The largest absolute Gasteiger partial charge is 0.481 e. The molecule has 0 aliphatic carbocycles. The molecule has 0 aliphatic heterocycles. The second-order valence-corrected chi connectivity index (χ2v) is 4.96. The molecule has 0 atom stereocenters. The van der Waals surface area contributed by atoms with Crippen LogP contribution in [-0.2, 0) is 16.1 Å². The minimum atomic E-state index is -2.85. The number of hydrogen-bond donors (Lipinski definition) is 1. The molecule has 1 rings (SSSR count). The smallest absolute Gasteiger partial charge is 0.313 e. The van der Waals surface area contributed by atoms with Gasteiger partial charge in [-0.2, -0.15) is 0 Å². The normalized spacial score (nSPS) is 12.5. The minimum absolute atomic E-state index is 0.0608. The molecule has 0 radical (unpaired) electrons. The lowest BCUT2D eigenvalue weighted by Crippen LogP contribution is -2.28. The number of hydrogen-bond acceptors (Lipinski definition) is 1. The first-order valence-electron chi connectivity index (χ1n) is 5.94. The molecule has 1 aromatic carbocycles. The van der Waals surface area contributed by atoms with Gasteiger partial charge in [0, 0.05) is 12.0 Å². The highest BCUT2D eigenvalue weighted by atomic mass is 19.3. The lowest BCUT2D eigenvalue weighted by molar-refractivity contribution is -0.142. The van der Waals surface area contributed by atoms with Gasteiger partial charge in [-0.15, -0.1) is 0 Å². The van der Waals surface area contributed by atoms with Crippen molar-refractivity contribution < 1.29 is 18.7 Å². The van der Waals surface area contributed by atoms with Crippen molar-refractivity contribution in [3.05, 3.63) is 35.4 Å². The Balaban J connectivity index is 3.04. The van der Waals surface area contributed by atoms with E-state index in [1.165, 1.54) is 24.3 Å². The quantitative estimate of drug-likeness (QED) is 0.866. The third-order valence-electron chi connectivity index (χ3n) is 3.13. The van der Waals surface area contributed by atoms with Crippen LogP contribution in [0.15, 0.2) is 24.3 Å². The van der Waals surface area contributed by atoms with Gasteiger partial charge >= 0.3 is 5.97 Å². The van der Waals surface area contributed by atoms with Gasteiger partial charge in [-0.1, -0.05) is 37.6 Å². The predicted octanol–water partition coefficient (Wildman–Crippen LogP) is 3.94. The Morgan fingerprint density at radius 2 is 1.61 bits per heavy atom. The van der Waals surface area contributed by atoms with Crippen molar-refractivity contribution in [3.63, 3.8) is 0 Å². The number of halogens is 2. The molecule has 0 aliphatic rings. The first-order chi connectivity index (χ1) is 8.21. The SMILES string of the molecule is CCCC(F)(F)c1ccc(C(C)(C)C(=O)O)cc1. The van der Waals surface area contributed by atoms with Crippen molar-refractivity contribution in [3.8, 4) is 0 Å². The van der Waals surface area contributed by atoms with E-state index in [4.69, 9.17) is 5.11 Å². The van der Waals surface area contributed by atoms with Crippen LogP contribution in [-0.4, -0.2) is 11.1 Å². The van der Waals surface area contributed by atoms with Crippen molar-refractivity contribution in [2.45, 2.75) is 45.0 Å². The fourth-order valence-corrected chi connectivity index (χ4v) is 1.71. The first kappa shape index (κ1) is 14.6. The molecule has 0 amide bonds. The zero-order chi connectivity index (χ0) is 14.0. The van der Waals surface area contributed by atoms with Crippen LogP contribution in [0.3, 0.4) is 0 Å². The molecule has 4 heteroatoms. The van der Waals surface area contributed by atoms with E-state index in [2.05, 4.69) is 0 Å². The van der Waals surface area contributed by atoms with Gasteiger partial charge in [-0.3, -0.25) is 4.79 Å². The summed E-state index contributed by atoms with van der Waals surface area (Å²) in [5, 5.41) is 9.06. The summed E-state index contributed by atoms with van der Waals surface area (Å²) in [5.74, 6) is -3.82. The summed E-state index contributed by atoms with van der Waals surface area (Å²) in [7, 11) is 0. The van der Waals surface area contributed by atoms with Gasteiger partial charge < -0.3 is 5.11 Å². The molecule has 100 valence electrons. The third kappa shape index (κ3) is 2.86. The maximum absolute atomic E-state index is 13.6. The molecule has 1 aromatic rings. The molecule has 0 saturated carbocycles. The van der Waals surface area contributed by atoms with E-state index in [1.54, 1.807) is 20.8 Å². The molecule has 0 spiro atoms. The maximum Gasteiger partial charge on any atom is 0.313 e. The molecule has 0 fully saturated rings. The summed E-state index contributed by atoms with van der Waals surface area (Å²) >= 11 is 0. The van der Waals surface area contributed by atoms with Crippen molar-refractivity contribution >= 4 is 5.97 Å². The number of carboxylic acid groups (broad SMARTS) is 1. The lowest BCUT2D eigenvalue weighted by atomic mass is 9.84. The van der Waals surface area contributed by atoms with Gasteiger partial charge in [-0.25, -0.2) is 8.78 Å². The van der Waals surface area contributed by atoms with Crippen molar-refractivity contribution in [1.29, 1.82) is 0 Å². The number of alkyl halides is 2. The van der Waals surface area contributed by atoms with Gasteiger partial charge in [0.2, 0.25) is 0 Å². The Kier molecular flexibility index (Phi) is 4.09. The average molecular weight is 256 g/mol. The fourth-order valence-electron chi connectivity index (χ4n) is 1.71.